The van der Waals surface area contributed by atoms with E-state index in [1.165, 1.54) is 27.4 Å². The molecule has 0 saturated heterocycles. The first-order valence-corrected chi connectivity index (χ1v) is 4.90. The first-order chi connectivity index (χ1) is 8.58. The zero-order valence-corrected chi connectivity index (χ0v) is 10.2. The predicted octanol–water partition coefficient (Wildman–Crippen LogP) is 0.172. The van der Waals surface area contributed by atoms with Crippen molar-refractivity contribution in [1.82, 2.24) is 0 Å². The van der Waals surface area contributed by atoms with Gasteiger partial charge in [0.15, 0.2) is 17.8 Å². The molecular formula is C11H14O7. The third-order valence-corrected chi connectivity index (χ3v) is 2.16. The van der Waals surface area contributed by atoms with E-state index in [0.717, 1.165) is 0 Å². The largest absolute Gasteiger partial charge is 0.493 e. The molecule has 0 aromatic heterocycles. The molecule has 1 rings (SSSR count). The molecule has 0 bridgehead atoms. The summed E-state index contributed by atoms with van der Waals surface area (Å²) in [6, 6.07) is 1.34. The van der Waals surface area contributed by atoms with Crippen LogP contribution in [0.25, 0.3) is 0 Å². The van der Waals surface area contributed by atoms with Gasteiger partial charge in [-0.05, 0) is 6.07 Å². The van der Waals surface area contributed by atoms with Crippen LogP contribution in [0, 0.1) is 0 Å². The topological polar surface area (TPSA) is 94.5 Å². The molecule has 0 aliphatic carbocycles. The number of ether oxygens (including phenoxy) is 4. The van der Waals surface area contributed by atoms with Crippen molar-refractivity contribution in [2.45, 2.75) is 6.48 Å². The minimum Gasteiger partial charge on any atom is -0.493 e. The number of hydrogen-bond acceptors (Lipinski definition) is 7. The highest BCUT2D eigenvalue weighted by Crippen LogP contribution is 2.46. The fraction of sp³-hybridized carbons (Fsp3) is 0.364. The SMILES string of the molecule is COc1cc(C=O)c(OC(O)O)c(OC)c1OC. The van der Waals surface area contributed by atoms with Crippen molar-refractivity contribution in [3.8, 4) is 23.0 Å². The molecule has 0 atom stereocenters. The van der Waals surface area contributed by atoms with Crippen LogP contribution >= 0.6 is 0 Å². The van der Waals surface area contributed by atoms with E-state index in [1.54, 1.807) is 0 Å². The van der Waals surface area contributed by atoms with E-state index < -0.39 is 6.48 Å². The zero-order valence-electron chi connectivity index (χ0n) is 10.2. The molecule has 0 radical (unpaired) electrons. The van der Waals surface area contributed by atoms with Crippen LogP contribution in [0.3, 0.4) is 0 Å². The maximum absolute atomic E-state index is 10.9. The maximum atomic E-state index is 10.9. The monoisotopic (exact) mass is 258 g/mol. The highest BCUT2D eigenvalue weighted by Gasteiger charge is 2.23. The van der Waals surface area contributed by atoms with Crippen LogP contribution in [-0.4, -0.2) is 44.3 Å². The van der Waals surface area contributed by atoms with Crippen LogP contribution < -0.4 is 18.9 Å². The lowest BCUT2D eigenvalue weighted by Gasteiger charge is -2.18. The van der Waals surface area contributed by atoms with Crippen LogP contribution in [0.5, 0.6) is 23.0 Å². The molecule has 0 heterocycles. The second-order valence-electron chi connectivity index (χ2n) is 3.13. The summed E-state index contributed by atoms with van der Waals surface area (Å²) in [5.41, 5.74) is 0.0394. The number of benzene rings is 1. The van der Waals surface area contributed by atoms with Gasteiger partial charge in [-0.15, -0.1) is 0 Å². The molecule has 0 saturated carbocycles. The third-order valence-electron chi connectivity index (χ3n) is 2.16. The van der Waals surface area contributed by atoms with Gasteiger partial charge >= 0.3 is 6.48 Å². The van der Waals surface area contributed by atoms with E-state index in [0.29, 0.717) is 6.29 Å². The van der Waals surface area contributed by atoms with Crippen LogP contribution in [-0.2, 0) is 0 Å². The summed E-state index contributed by atoms with van der Waals surface area (Å²) in [7, 11) is 4.09. The number of aliphatic hydroxyl groups is 2. The maximum Gasteiger partial charge on any atom is 0.311 e. The third kappa shape index (κ3) is 2.63. The van der Waals surface area contributed by atoms with E-state index in [-0.39, 0.29) is 28.6 Å². The van der Waals surface area contributed by atoms with Gasteiger partial charge in [-0.2, -0.15) is 0 Å². The van der Waals surface area contributed by atoms with Crippen LogP contribution in [0.15, 0.2) is 6.07 Å². The number of rotatable bonds is 6. The molecule has 0 amide bonds. The van der Waals surface area contributed by atoms with Crippen LogP contribution in [0.2, 0.25) is 0 Å². The smallest absolute Gasteiger partial charge is 0.311 e. The Morgan fingerprint density at radius 3 is 2.06 bits per heavy atom. The Bertz CT molecular complexity index is 428. The molecular weight excluding hydrogens is 244 g/mol. The number of carbonyl (C=O) groups is 1. The summed E-state index contributed by atoms with van der Waals surface area (Å²) in [6.45, 7) is -2.09. The van der Waals surface area contributed by atoms with Crippen LogP contribution in [0.4, 0.5) is 0 Å². The summed E-state index contributed by atoms with van der Waals surface area (Å²) in [5.74, 6) is 0.338. The number of aldehydes is 1. The van der Waals surface area contributed by atoms with Crippen molar-refractivity contribution in [3.05, 3.63) is 11.6 Å². The number of aliphatic hydroxyl groups excluding tert-OH is 1. The Balaban J connectivity index is 3.49. The lowest BCUT2D eigenvalue weighted by atomic mass is 10.1. The minimum absolute atomic E-state index is 0.0343. The van der Waals surface area contributed by atoms with Gasteiger partial charge in [0, 0.05) is 0 Å². The Hall–Kier alpha value is -1.99. The van der Waals surface area contributed by atoms with Crippen molar-refractivity contribution in [2.24, 2.45) is 0 Å². The normalized spacial score (nSPS) is 10.1. The molecule has 2 N–H and O–H groups in total. The summed E-state index contributed by atoms with van der Waals surface area (Å²) in [5, 5.41) is 17.7. The van der Waals surface area contributed by atoms with Gasteiger partial charge in [0.05, 0.1) is 26.9 Å². The summed E-state index contributed by atoms with van der Waals surface area (Å²) in [6.07, 6.45) is 0.474. The average Bonchev–Trinajstić information content (AvgIpc) is 2.36. The Kier molecular flexibility index (Phi) is 4.75. The van der Waals surface area contributed by atoms with Gasteiger partial charge in [0.1, 0.15) is 0 Å². The average molecular weight is 258 g/mol. The molecule has 0 aliphatic heterocycles. The Morgan fingerprint density at radius 1 is 1.06 bits per heavy atom. The zero-order chi connectivity index (χ0) is 13.7. The van der Waals surface area contributed by atoms with Gasteiger partial charge in [0.25, 0.3) is 0 Å². The summed E-state index contributed by atoms with van der Waals surface area (Å²) < 4.78 is 19.9. The molecule has 1 aromatic rings. The lowest BCUT2D eigenvalue weighted by Crippen LogP contribution is -2.15. The predicted molar refractivity (Wildman–Crippen MR) is 60.3 cm³/mol. The quantitative estimate of drug-likeness (QED) is 0.554. The molecule has 0 unspecified atom stereocenters. The number of carbonyl (C=O) groups excluding carboxylic acids is 1. The fourth-order valence-corrected chi connectivity index (χ4v) is 1.46. The fourth-order valence-electron chi connectivity index (χ4n) is 1.46. The van der Waals surface area contributed by atoms with E-state index in [1.807, 2.05) is 0 Å². The van der Waals surface area contributed by atoms with Gasteiger partial charge in [-0.25, -0.2) is 0 Å². The van der Waals surface area contributed by atoms with Crippen molar-refractivity contribution < 1.29 is 34.0 Å². The number of methoxy groups -OCH3 is 3. The van der Waals surface area contributed by atoms with Gasteiger partial charge in [-0.1, -0.05) is 0 Å². The summed E-state index contributed by atoms with van der Waals surface area (Å²) >= 11 is 0. The molecule has 7 nitrogen and oxygen atoms in total. The molecule has 0 aliphatic rings. The van der Waals surface area contributed by atoms with Gasteiger partial charge in [0.2, 0.25) is 11.5 Å². The van der Waals surface area contributed by atoms with Crippen molar-refractivity contribution >= 4 is 6.29 Å². The second kappa shape index (κ2) is 6.08. The lowest BCUT2D eigenvalue weighted by molar-refractivity contribution is -0.180. The molecule has 0 fully saturated rings. The second-order valence-corrected chi connectivity index (χ2v) is 3.13. The molecule has 100 valence electrons. The van der Waals surface area contributed by atoms with Gasteiger partial charge < -0.3 is 29.2 Å². The molecule has 1 aromatic carbocycles. The molecule has 18 heavy (non-hydrogen) atoms. The van der Waals surface area contributed by atoms with Crippen LogP contribution in [0.1, 0.15) is 10.4 Å². The highest BCUT2D eigenvalue weighted by molar-refractivity contribution is 5.84. The Labute approximate surface area is 103 Å². The van der Waals surface area contributed by atoms with E-state index in [2.05, 4.69) is 0 Å². The molecule has 0 spiro atoms. The van der Waals surface area contributed by atoms with Crippen molar-refractivity contribution in [2.75, 3.05) is 21.3 Å². The Morgan fingerprint density at radius 2 is 1.67 bits per heavy atom. The highest BCUT2D eigenvalue weighted by atomic mass is 16.7. The standard InChI is InChI=1S/C11H14O7/c1-15-7-4-6(5-12)8(18-11(13)14)10(17-3)9(7)16-2/h4-5,11,13-14H,1-3H3. The minimum atomic E-state index is -2.09. The molecule has 7 heteroatoms. The first kappa shape index (κ1) is 14.1. The summed E-state index contributed by atoms with van der Waals surface area (Å²) in [4.78, 5) is 10.9. The van der Waals surface area contributed by atoms with Crippen molar-refractivity contribution in [1.29, 1.82) is 0 Å². The first-order valence-electron chi connectivity index (χ1n) is 4.90. The number of hydrogen-bond donors (Lipinski definition) is 2. The van der Waals surface area contributed by atoms with Gasteiger partial charge in [-0.3, -0.25) is 4.79 Å². The van der Waals surface area contributed by atoms with E-state index in [9.17, 15) is 4.79 Å². The van der Waals surface area contributed by atoms with E-state index >= 15 is 0 Å². The van der Waals surface area contributed by atoms with Crippen molar-refractivity contribution in [3.63, 3.8) is 0 Å². The van der Waals surface area contributed by atoms with E-state index in [4.69, 9.17) is 29.2 Å².